The smallest absolute Gasteiger partial charge is 0.329 e. The lowest BCUT2D eigenvalue weighted by Crippen LogP contribution is -2.47. The van der Waals surface area contributed by atoms with Crippen molar-refractivity contribution in [2.24, 2.45) is 0 Å². The predicted octanol–water partition coefficient (Wildman–Crippen LogP) is -0.643. The topological polar surface area (TPSA) is 95.9 Å². The van der Waals surface area contributed by atoms with Gasteiger partial charge in [-0.1, -0.05) is 0 Å². The molecular formula is C12H18N2O5. The summed E-state index contributed by atoms with van der Waals surface area (Å²) in [5.74, 6) is -1.54. The van der Waals surface area contributed by atoms with Crippen molar-refractivity contribution in [3.05, 3.63) is 0 Å². The van der Waals surface area contributed by atoms with Gasteiger partial charge in [-0.25, -0.2) is 4.79 Å². The summed E-state index contributed by atoms with van der Waals surface area (Å²) in [7, 11) is 0. The molecule has 1 aliphatic carbocycles. The van der Waals surface area contributed by atoms with E-state index < -0.39 is 18.6 Å². The second kappa shape index (κ2) is 6.01. The number of ether oxygens (including phenoxy) is 1. The number of hydrogen-bond donors (Lipinski definition) is 2. The highest BCUT2D eigenvalue weighted by atomic mass is 16.5. The zero-order chi connectivity index (χ0) is 13.8. The van der Waals surface area contributed by atoms with Gasteiger partial charge in [-0.05, 0) is 25.7 Å². The molecule has 0 aromatic rings. The first-order valence-corrected chi connectivity index (χ1v) is 6.47. The molecule has 7 heteroatoms. The third-order valence-corrected chi connectivity index (χ3v) is 3.25. The van der Waals surface area contributed by atoms with Crippen molar-refractivity contribution in [1.29, 1.82) is 0 Å². The van der Waals surface area contributed by atoms with Crippen LogP contribution in [-0.2, 0) is 19.1 Å². The van der Waals surface area contributed by atoms with Crippen LogP contribution in [0.2, 0.25) is 0 Å². The Morgan fingerprint density at radius 1 is 1.21 bits per heavy atom. The van der Waals surface area contributed by atoms with Crippen molar-refractivity contribution >= 4 is 17.8 Å². The second-order valence-corrected chi connectivity index (χ2v) is 4.91. The van der Waals surface area contributed by atoms with Gasteiger partial charge in [-0.15, -0.1) is 0 Å². The predicted molar refractivity (Wildman–Crippen MR) is 64.4 cm³/mol. The van der Waals surface area contributed by atoms with E-state index in [1.165, 1.54) is 4.90 Å². The molecule has 2 fully saturated rings. The van der Waals surface area contributed by atoms with Gasteiger partial charge in [0.2, 0.25) is 11.8 Å². The Balaban J connectivity index is 1.81. The Bertz CT molecular complexity index is 380. The van der Waals surface area contributed by atoms with Crippen LogP contribution in [0.15, 0.2) is 0 Å². The molecule has 0 aromatic heterocycles. The van der Waals surface area contributed by atoms with Gasteiger partial charge in [0.15, 0.2) is 0 Å². The lowest BCUT2D eigenvalue weighted by atomic mass is 10.2. The molecule has 1 atom stereocenters. The molecule has 1 heterocycles. The van der Waals surface area contributed by atoms with Crippen LogP contribution in [-0.4, -0.2) is 59.6 Å². The summed E-state index contributed by atoms with van der Waals surface area (Å²) in [6.45, 7) is -0.268. The average Bonchev–Trinajstić information content (AvgIpc) is 3.02. The van der Waals surface area contributed by atoms with E-state index >= 15 is 0 Å². The van der Waals surface area contributed by atoms with Gasteiger partial charge < -0.3 is 20.1 Å². The summed E-state index contributed by atoms with van der Waals surface area (Å²) < 4.78 is 4.77. The molecule has 2 rings (SSSR count). The van der Waals surface area contributed by atoms with Crippen LogP contribution in [0.5, 0.6) is 0 Å². The highest BCUT2D eigenvalue weighted by Crippen LogP contribution is 2.22. The number of nitrogens with zero attached hydrogens (tertiary/aromatic N) is 1. The first-order valence-electron chi connectivity index (χ1n) is 6.47. The molecule has 1 unspecified atom stereocenters. The minimum atomic E-state index is -1.11. The van der Waals surface area contributed by atoms with E-state index in [1.807, 2.05) is 0 Å². The first kappa shape index (κ1) is 13.8. The Labute approximate surface area is 110 Å². The van der Waals surface area contributed by atoms with Gasteiger partial charge in [-0.2, -0.15) is 0 Å². The molecule has 0 bridgehead atoms. The Kier molecular flexibility index (Phi) is 4.36. The summed E-state index contributed by atoms with van der Waals surface area (Å²) in [5, 5.41) is 11.3. The number of rotatable bonds is 6. The standard InChI is InChI=1S/C12H18N2O5/c15-10(6-19-7-11(16)17)14-5-1-2-9(14)12(18)13-8-3-4-8/h8-9H,1-7H2,(H,13,18)(H,16,17). The van der Waals surface area contributed by atoms with E-state index in [4.69, 9.17) is 9.84 Å². The zero-order valence-electron chi connectivity index (χ0n) is 10.6. The average molecular weight is 270 g/mol. The van der Waals surface area contributed by atoms with Crippen LogP contribution < -0.4 is 5.32 Å². The minimum Gasteiger partial charge on any atom is -0.480 e. The van der Waals surface area contributed by atoms with E-state index in [0.29, 0.717) is 13.0 Å². The number of carbonyl (C=O) groups excluding carboxylic acids is 2. The van der Waals surface area contributed by atoms with E-state index in [2.05, 4.69) is 5.32 Å². The quantitative estimate of drug-likeness (QED) is 0.669. The largest absolute Gasteiger partial charge is 0.480 e. The third-order valence-electron chi connectivity index (χ3n) is 3.25. The molecule has 0 spiro atoms. The van der Waals surface area contributed by atoms with Gasteiger partial charge in [0.25, 0.3) is 0 Å². The highest BCUT2D eigenvalue weighted by Gasteiger charge is 2.36. The lowest BCUT2D eigenvalue weighted by Gasteiger charge is -2.23. The molecular weight excluding hydrogens is 252 g/mol. The molecule has 2 amide bonds. The van der Waals surface area contributed by atoms with E-state index in [-0.39, 0.29) is 24.5 Å². The fraction of sp³-hybridized carbons (Fsp3) is 0.750. The van der Waals surface area contributed by atoms with Gasteiger partial charge >= 0.3 is 5.97 Å². The minimum absolute atomic E-state index is 0.105. The van der Waals surface area contributed by atoms with Crippen LogP contribution in [0.3, 0.4) is 0 Å². The summed E-state index contributed by atoms with van der Waals surface area (Å²) >= 11 is 0. The molecule has 0 aromatic carbocycles. The van der Waals surface area contributed by atoms with Gasteiger partial charge in [-0.3, -0.25) is 9.59 Å². The molecule has 1 saturated carbocycles. The van der Waals surface area contributed by atoms with E-state index in [0.717, 1.165) is 19.3 Å². The summed E-state index contributed by atoms with van der Waals surface area (Å²) in [6, 6.07) is -0.158. The summed E-state index contributed by atoms with van der Waals surface area (Å²) in [5.41, 5.74) is 0. The molecule has 7 nitrogen and oxygen atoms in total. The molecule has 19 heavy (non-hydrogen) atoms. The van der Waals surface area contributed by atoms with Gasteiger partial charge in [0.05, 0.1) is 0 Å². The van der Waals surface area contributed by atoms with Crippen molar-refractivity contribution in [3.8, 4) is 0 Å². The van der Waals surface area contributed by atoms with Gasteiger partial charge in [0, 0.05) is 12.6 Å². The SMILES string of the molecule is O=C(O)COCC(=O)N1CCCC1C(=O)NC1CC1. The summed E-state index contributed by atoms with van der Waals surface area (Å²) in [4.78, 5) is 35.6. The van der Waals surface area contributed by atoms with Crippen LogP contribution >= 0.6 is 0 Å². The van der Waals surface area contributed by atoms with Crippen molar-refractivity contribution in [2.75, 3.05) is 19.8 Å². The monoisotopic (exact) mass is 270 g/mol. The van der Waals surface area contributed by atoms with Crippen molar-refractivity contribution < 1.29 is 24.2 Å². The van der Waals surface area contributed by atoms with E-state index in [1.54, 1.807) is 0 Å². The van der Waals surface area contributed by atoms with Crippen LogP contribution in [0.25, 0.3) is 0 Å². The third kappa shape index (κ3) is 3.92. The number of carboxylic acids is 1. The number of aliphatic carboxylic acids is 1. The number of hydrogen-bond acceptors (Lipinski definition) is 4. The maximum Gasteiger partial charge on any atom is 0.329 e. The molecule has 1 saturated heterocycles. The number of likely N-dealkylation sites (tertiary alicyclic amines) is 1. The molecule has 1 aliphatic heterocycles. The fourth-order valence-corrected chi connectivity index (χ4v) is 2.17. The fourth-order valence-electron chi connectivity index (χ4n) is 2.17. The lowest BCUT2D eigenvalue weighted by molar-refractivity contribution is -0.147. The van der Waals surface area contributed by atoms with Crippen molar-refractivity contribution in [3.63, 3.8) is 0 Å². The maximum absolute atomic E-state index is 12.0. The normalized spacial score (nSPS) is 22.3. The van der Waals surface area contributed by atoms with Crippen LogP contribution in [0.1, 0.15) is 25.7 Å². The highest BCUT2D eigenvalue weighted by molar-refractivity contribution is 5.89. The summed E-state index contributed by atoms with van der Waals surface area (Å²) in [6.07, 6.45) is 3.46. The van der Waals surface area contributed by atoms with Crippen LogP contribution in [0.4, 0.5) is 0 Å². The second-order valence-electron chi connectivity index (χ2n) is 4.91. The molecule has 2 aliphatic rings. The maximum atomic E-state index is 12.0. The molecule has 106 valence electrons. The zero-order valence-corrected chi connectivity index (χ0v) is 10.6. The number of nitrogens with one attached hydrogen (secondary N) is 1. The Hall–Kier alpha value is -1.63. The number of carbonyl (C=O) groups is 3. The molecule has 2 N–H and O–H groups in total. The first-order chi connectivity index (χ1) is 9.08. The Morgan fingerprint density at radius 3 is 2.58 bits per heavy atom. The Morgan fingerprint density at radius 2 is 1.95 bits per heavy atom. The van der Waals surface area contributed by atoms with Gasteiger partial charge in [0.1, 0.15) is 19.3 Å². The van der Waals surface area contributed by atoms with Crippen molar-refractivity contribution in [2.45, 2.75) is 37.8 Å². The van der Waals surface area contributed by atoms with Crippen molar-refractivity contribution in [1.82, 2.24) is 10.2 Å². The van der Waals surface area contributed by atoms with Crippen LogP contribution in [0, 0.1) is 0 Å². The van der Waals surface area contributed by atoms with E-state index in [9.17, 15) is 14.4 Å². The molecule has 0 radical (unpaired) electrons. The number of amides is 2. The number of carboxylic acid groups (broad SMARTS) is 1.